The summed E-state index contributed by atoms with van der Waals surface area (Å²) in [5.74, 6) is 1.46. The van der Waals surface area contributed by atoms with Gasteiger partial charge in [-0.05, 0) is 36.9 Å². The van der Waals surface area contributed by atoms with Crippen LogP contribution in [0.1, 0.15) is 38.2 Å². The molecule has 1 fully saturated rings. The van der Waals surface area contributed by atoms with Crippen LogP contribution in [0.2, 0.25) is 5.15 Å². The number of fused-ring (bicyclic) bond motifs is 1. The van der Waals surface area contributed by atoms with Crippen LogP contribution in [0, 0.1) is 0 Å². The number of nitrogens with zero attached hydrogens (tertiary/aromatic N) is 2. The summed E-state index contributed by atoms with van der Waals surface area (Å²) in [7, 11) is 2.44. The van der Waals surface area contributed by atoms with Crippen LogP contribution in [-0.4, -0.2) is 52.0 Å². The van der Waals surface area contributed by atoms with Crippen molar-refractivity contribution >= 4 is 33.2 Å². The van der Waals surface area contributed by atoms with Crippen molar-refractivity contribution in [2.45, 2.75) is 44.0 Å². The lowest BCUT2D eigenvalue weighted by molar-refractivity contribution is 0.121. The van der Waals surface area contributed by atoms with Crippen molar-refractivity contribution in [2.24, 2.45) is 5.73 Å². The molecule has 2 unspecified atom stereocenters. The summed E-state index contributed by atoms with van der Waals surface area (Å²) in [5.41, 5.74) is 5.56. The molecular weight excluding hydrogens is 386 g/mol. The van der Waals surface area contributed by atoms with E-state index in [-0.39, 0.29) is 17.3 Å². The minimum Gasteiger partial charge on any atom is -0.474 e. The first-order valence-electron chi connectivity index (χ1n) is 9.08. The maximum atomic E-state index is 11.8. The molecule has 0 bridgehead atoms. The Balaban J connectivity index is 0.00000126. The highest BCUT2D eigenvalue weighted by atomic mass is 35.5. The van der Waals surface area contributed by atoms with Crippen molar-refractivity contribution in [1.29, 1.82) is 0 Å². The Bertz CT molecular complexity index is 784. The topological polar surface area (TPSA) is 87.3 Å². The summed E-state index contributed by atoms with van der Waals surface area (Å²) < 4.78 is 23.2. The Morgan fingerprint density at radius 3 is 2.63 bits per heavy atom. The standard InChI is InChI=1S/C18H23ClN2O3S.CH5N/c1-4-25(22)13-5-12(6-13)24-18-16-9-20-17(19)7-14(16)15(8-21-18)11(2)10-23-3;1-2/h7-9,11-13H,4-6,10H2,1-3H3;2H2,1H3. The van der Waals surface area contributed by atoms with Gasteiger partial charge in [-0.3, -0.25) is 4.21 Å². The van der Waals surface area contributed by atoms with Crippen molar-refractivity contribution < 1.29 is 13.7 Å². The van der Waals surface area contributed by atoms with Gasteiger partial charge in [0.05, 0.1) is 12.0 Å². The molecule has 1 saturated carbocycles. The first-order chi connectivity index (χ1) is 13.0. The normalized spacial score (nSPS) is 21.0. The van der Waals surface area contributed by atoms with E-state index in [1.54, 1.807) is 13.3 Å². The number of halogens is 1. The highest BCUT2D eigenvalue weighted by molar-refractivity contribution is 7.85. The quantitative estimate of drug-likeness (QED) is 0.701. The van der Waals surface area contributed by atoms with Gasteiger partial charge in [0.25, 0.3) is 0 Å². The molecule has 0 aromatic carbocycles. The van der Waals surface area contributed by atoms with Gasteiger partial charge in [0.2, 0.25) is 5.88 Å². The van der Waals surface area contributed by atoms with E-state index >= 15 is 0 Å². The predicted molar refractivity (Wildman–Crippen MR) is 111 cm³/mol. The molecule has 2 heterocycles. The minimum atomic E-state index is -0.750. The maximum Gasteiger partial charge on any atom is 0.223 e. The van der Waals surface area contributed by atoms with Crippen molar-refractivity contribution in [3.63, 3.8) is 0 Å². The average Bonchev–Trinajstić information content (AvgIpc) is 2.65. The fourth-order valence-corrected chi connectivity index (χ4v) is 4.64. The van der Waals surface area contributed by atoms with Crippen LogP contribution in [0.5, 0.6) is 5.88 Å². The predicted octanol–water partition coefficient (Wildman–Crippen LogP) is 3.29. The fourth-order valence-electron chi connectivity index (χ4n) is 3.15. The molecule has 2 N–H and O–H groups in total. The van der Waals surface area contributed by atoms with Crippen molar-refractivity contribution in [3.8, 4) is 5.88 Å². The van der Waals surface area contributed by atoms with Gasteiger partial charge in [-0.15, -0.1) is 0 Å². The molecule has 0 spiro atoms. The van der Waals surface area contributed by atoms with Gasteiger partial charge in [0.15, 0.2) is 0 Å². The number of methoxy groups -OCH3 is 1. The van der Waals surface area contributed by atoms with Crippen molar-refractivity contribution in [3.05, 3.63) is 29.2 Å². The van der Waals surface area contributed by atoms with Crippen molar-refractivity contribution in [1.82, 2.24) is 9.97 Å². The summed E-state index contributed by atoms with van der Waals surface area (Å²) in [4.78, 5) is 8.70. The average molecular weight is 414 g/mol. The highest BCUT2D eigenvalue weighted by Crippen LogP contribution is 2.35. The molecule has 1 aliphatic carbocycles. The molecule has 8 heteroatoms. The number of nitrogens with two attached hydrogens (primary N) is 1. The number of hydrogen-bond acceptors (Lipinski definition) is 6. The largest absolute Gasteiger partial charge is 0.474 e. The second-order valence-electron chi connectivity index (χ2n) is 6.43. The summed E-state index contributed by atoms with van der Waals surface area (Å²) in [5, 5.41) is 2.53. The van der Waals surface area contributed by atoms with Gasteiger partial charge in [0, 0.05) is 47.2 Å². The van der Waals surface area contributed by atoms with Gasteiger partial charge in [-0.1, -0.05) is 25.4 Å². The molecule has 2 atom stereocenters. The van der Waals surface area contributed by atoms with Crippen LogP contribution in [0.15, 0.2) is 18.5 Å². The van der Waals surface area contributed by atoms with E-state index < -0.39 is 10.8 Å². The molecule has 0 radical (unpaired) electrons. The van der Waals surface area contributed by atoms with E-state index in [0.29, 0.717) is 23.4 Å². The van der Waals surface area contributed by atoms with E-state index in [2.05, 4.69) is 22.6 Å². The van der Waals surface area contributed by atoms with Crippen LogP contribution in [0.25, 0.3) is 10.8 Å². The number of ether oxygens (including phenoxy) is 2. The van der Waals surface area contributed by atoms with Gasteiger partial charge >= 0.3 is 0 Å². The second-order valence-corrected chi connectivity index (χ2v) is 8.82. The van der Waals surface area contributed by atoms with Crippen LogP contribution in [-0.2, 0) is 15.5 Å². The third kappa shape index (κ3) is 5.16. The molecule has 0 amide bonds. The molecule has 1 aliphatic rings. The van der Waals surface area contributed by atoms with E-state index in [4.69, 9.17) is 21.1 Å². The molecule has 0 saturated heterocycles. The summed E-state index contributed by atoms with van der Waals surface area (Å²) >= 11 is 6.10. The van der Waals surface area contributed by atoms with Gasteiger partial charge < -0.3 is 15.2 Å². The van der Waals surface area contributed by atoms with Crippen LogP contribution in [0.3, 0.4) is 0 Å². The molecule has 6 nitrogen and oxygen atoms in total. The van der Waals surface area contributed by atoms with E-state index in [9.17, 15) is 4.21 Å². The first-order valence-corrected chi connectivity index (χ1v) is 10.8. The SMILES string of the molecule is CCS(=O)C1CC(Oc2ncc(C(C)COC)c3cc(Cl)ncc23)C1.CN. The van der Waals surface area contributed by atoms with Gasteiger partial charge in [-0.2, -0.15) is 0 Å². The Hall–Kier alpha value is -1.28. The lowest BCUT2D eigenvalue weighted by atomic mass is 9.95. The lowest BCUT2D eigenvalue weighted by Crippen LogP contribution is -2.41. The second kappa shape index (κ2) is 10.3. The Morgan fingerprint density at radius 1 is 1.30 bits per heavy atom. The Labute approximate surface area is 168 Å². The van der Waals surface area contributed by atoms with Gasteiger partial charge in [-0.25, -0.2) is 9.97 Å². The molecule has 3 rings (SSSR count). The lowest BCUT2D eigenvalue weighted by Gasteiger charge is -2.34. The first kappa shape index (κ1) is 22.0. The summed E-state index contributed by atoms with van der Waals surface area (Å²) in [6, 6.07) is 1.85. The number of pyridine rings is 2. The highest BCUT2D eigenvalue weighted by Gasteiger charge is 2.35. The number of rotatable bonds is 7. The van der Waals surface area contributed by atoms with E-state index in [1.165, 1.54) is 7.05 Å². The smallest absolute Gasteiger partial charge is 0.223 e. The zero-order valence-electron chi connectivity index (χ0n) is 16.3. The molecule has 27 heavy (non-hydrogen) atoms. The zero-order chi connectivity index (χ0) is 20.0. The molecule has 2 aromatic heterocycles. The van der Waals surface area contributed by atoms with Gasteiger partial charge in [0.1, 0.15) is 11.3 Å². The molecule has 2 aromatic rings. The number of hydrogen-bond donors (Lipinski definition) is 1. The van der Waals surface area contributed by atoms with Crippen LogP contribution >= 0.6 is 11.6 Å². The summed E-state index contributed by atoms with van der Waals surface area (Å²) in [6.45, 7) is 4.64. The van der Waals surface area contributed by atoms with E-state index in [0.717, 1.165) is 29.2 Å². The van der Waals surface area contributed by atoms with Crippen LogP contribution < -0.4 is 10.5 Å². The van der Waals surface area contributed by atoms with Crippen LogP contribution in [0.4, 0.5) is 0 Å². The van der Waals surface area contributed by atoms with E-state index in [1.807, 2.05) is 19.2 Å². The Morgan fingerprint density at radius 2 is 2.00 bits per heavy atom. The monoisotopic (exact) mass is 413 g/mol. The Kier molecular flexibility index (Phi) is 8.41. The third-order valence-electron chi connectivity index (χ3n) is 4.67. The fraction of sp³-hybridized carbons (Fsp3) is 0.579. The zero-order valence-corrected chi connectivity index (χ0v) is 17.8. The van der Waals surface area contributed by atoms with Crippen molar-refractivity contribution in [2.75, 3.05) is 26.5 Å². The molecule has 150 valence electrons. The molecular formula is C19H28ClN3O3S. The number of aromatic nitrogens is 2. The third-order valence-corrected chi connectivity index (χ3v) is 6.57. The maximum absolute atomic E-state index is 11.8. The minimum absolute atomic E-state index is 0.0640. The summed E-state index contributed by atoms with van der Waals surface area (Å²) in [6.07, 6.45) is 5.23. The molecule has 0 aliphatic heterocycles.